The Kier molecular flexibility index (Phi) is 13.0. The van der Waals surface area contributed by atoms with Crippen LogP contribution in [0.2, 0.25) is 5.02 Å². The van der Waals surface area contributed by atoms with Crippen molar-refractivity contribution in [3.05, 3.63) is 39.9 Å². The van der Waals surface area contributed by atoms with Gasteiger partial charge in [0.1, 0.15) is 24.0 Å². The van der Waals surface area contributed by atoms with E-state index in [1.807, 2.05) is 13.8 Å². The Labute approximate surface area is 405 Å². The molecule has 7 aliphatic rings. The summed E-state index contributed by atoms with van der Waals surface area (Å²) in [5, 5.41) is 16.7. The number of carbonyl (C=O) groups is 5. The van der Waals surface area contributed by atoms with Crippen LogP contribution < -0.4 is 15.4 Å². The van der Waals surface area contributed by atoms with Crippen LogP contribution in [-0.4, -0.2) is 83.0 Å². The van der Waals surface area contributed by atoms with Crippen molar-refractivity contribution < 1.29 is 38.6 Å². The number of allylic oxidation sites excluding steroid dienone is 1. The minimum absolute atomic E-state index is 0.00553. The van der Waals surface area contributed by atoms with E-state index < -0.39 is 40.2 Å². The fourth-order valence-corrected chi connectivity index (χ4v) is 16.1. The van der Waals surface area contributed by atoms with Gasteiger partial charge in [-0.15, -0.1) is 0 Å². The quantitative estimate of drug-likeness (QED) is 0.174. The van der Waals surface area contributed by atoms with E-state index in [-0.39, 0.29) is 63.7 Å². The molecule has 11 nitrogen and oxygen atoms in total. The van der Waals surface area contributed by atoms with Gasteiger partial charge in [-0.1, -0.05) is 80.3 Å². The molecule has 1 aromatic carbocycles. The highest BCUT2D eigenvalue weighted by Crippen LogP contribution is 2.76. The number of ketones is 1. The highest BCUT2D eigenvalue weighted by molar-refractivity contribution is 6.30. The molecule has 1 aliphatic heterocycles. The van der Waals surface area contributed by atoms with E-state index in [9.17, 15) is 29.1 Å². The zero-order valence-electron chi connectivity index (χ0n) is 42.4. The van der Waals surface area contributed by atoms with Crippen molar-refractivity contribution in [3.63, 3.8) is 0 Å². The maximum Gasteiger partial charge on any atom is 0.309 e. The number of aliphatic carboxylic acids is 1. The summed E-state index contributed by atoms with van der Waals surface area (Å²) >= 11 is 6.40. The number of carboxylic acids is 1. The van der Waals surface area contributed by atoms with Gasteiger partial charge in [0.05, 0.1) is 22.9 Å². The number of amides is 2. The summed E-state index contributed by atoms with van der Waals surface area (Å²) in [7, 11) is 0. The molecule has 1 aromatic rings. The molecule has 1 heterocycles. The summed E-state index contributed by atoms with van der Waals surface area (Å²) < 4.78 is 12.6. The number of carboxylic acid groups (broad SMARTS) is 1. The van der Waals surface area contributed by atoms with Crippen LogP contribution in [0, 0.1) is 62.6 Å². The van der Waals surface area contributed by atoms with Crippen LogP contribution in [0.5, 0.6) is 5.75 Å². The van der Waals surface area contributed by atoms with E-state index in [1.54, 1.807) is 32.0 Å². The lowest BCUT2D eigenvalue weighted by atomic mass is 9.33. The maximum absolute atomic E-state index is 14.7. The second-order valence-electron chi connectivity index (χ2n) is 25.0. The second-order valence-corrected chi connectivity index (χ2v) is 25.4. The first-order valence-electron chi connectivity index (χ1n) is 25.7. The van der Waals surface area contributed by atoms with Crippen molar-refractivity contribution in [2.24, 2.45) is 62.6 Å². The minimum atomic E-state index is -1.32. The summed E-state index contributed by atoms with van der Waals surface area (Å²) in [6.07, 6.45) is 11.1. The molecule has 8 rings (SSSR count). The van der Waals surface area contributed by atoms with E-state index in [1.165, 1.54) is 19.3 Å². The lowest BCUT2D eigenvalue weighted by Crippen LogP contribution is -2.68. The lowest BCUT2D eigenvalue weighted by molar-refractivity contribution is -0.235. The first-order chi connectivity index (χ1) is 31.2. The molecule has 0 unspecified atom stereocenters. The molecule has 0 bridgehead atoms. The molecule has 67 heavy (non-hydrogen) atoms. The van der Waals surface area contributed by atoms with Gasteiger partial charge in [-0.3, -0.25) is 28.9 Å². The number of halogens is 1. The molecule has 1 saturated heterocycles. The van der Waals surface area contributed by atoms with Gasteiger partial charge in [0.15, 0.2) is 5.78 Å². The number of rotatable bonds is 12. The first kappa shape index (κ1) is 50.0. The Balaban J connectivity index is 0.997. The standard InChI is InChI=1S/C55H80ClN3O8/c1-32(2)43-38(60)31-55(58-48(65)51(7,8)57-45(61)34-16-15-33(56)29-39(34)66-28-27-59-25-13-12-14-26-59)24-23-53(10)35(44(43)55)17-18-41-52(9)21-20-42(50(5,6)40(52)19-22-54(41,53)11)67-47(64)37-30-36(46(62)63)49(37,3)4/h15-16,29,32,35-37,40-42H,12-14,17-28,30-31H2,1-11H3,(H,57,61)(H,58,65)(H,62,63)/t35-,36+,37-,40+,41-,42+,52+,53-,54-,55-/m1/s1. The van der Waals surface area contributed by atoms with Crippen molar-refractivity contribution in [2.75, 3.05) is 26.2 Å². The van der Waals surface area contributed by atoms with Crippen LogP contribution in [0.15, 0.2) is 29.3 Å². The summed E-state index contributed by atoms with van der Waals surface area (Å²) in [5.74, 6) is -1.45. The SMILES string of the molecule is CC(C)C1=C2[C@H]3CC[C@@H]4[C@@]5(C)CC[C@H](OC(=O)[C@H]6C[C@@H](C(=O)O)C6(C)C)C(C)(C)[C@@H]5CC[C@@]4(C)[C@]3(C)CC[C@@]2(NC(=O)C(C)(C)NC(=O)c2ccc(Cl)cc2OCCN2CCCCC2)CC1=O. The maximum atomic E-state index is 14.7. The average molecular weight is 947 g/mol. The third-order valence-corrected chi connectivity index (χ3v) is 20.4. The van der Waals surface area contributed by atoms with E-state index >= 15 is 0 Å². The summed E-state index contributed by atoms with van der Waals surface area (Å²) in [5.41, 5.74) is -0.914. The number of ether oxygens (including phenoxy) is 2. The van der Waals surface area contributed by atoms with Crippen LogP contribution in [-0.2, 0) is 23.9 Å². The van der Waals surface area contributed by atoms with Gasteiger partial charge in [-0.2, -0.15) is 0 Å². The molecule has 3 N–H and O–H groups in total. The molecular formula is C55H80ClN3O8. The molecule has 2 amide bonds. The smallest absolute Gasteiger partial charge is 0.309 e. The third kappa shape index (κ3) is 8.17. The monoisotopic (exact) mass is 946 g/mol. The van der Waals surface area contributed by atoms with Gasteiger partial charge < -0.3 is 25.2 Å². The van der Waals surface area contributed by atoms with Crippen molar-refractivity contribution in [3.8, 4) is 5.75 Å². The van der Waals surface area contributed by atoms with Crippen molar-refractivity contribution in [1.29, 1.82) is 0 Å². The minimum Gasteiger partial charge on any atom is -0.491 e. The Hall–Kier alpha value is -3.44. The number of piperidine rings is 1. The van der Waals surface area contributed by atoms with Crippen molar-refractivity contribution in [2.45, 2.75) is 177 Å². The number of hydrogen-bond donors (Lipinski definition) is 3. The molecule has 5 saturated carbocycles. The number of likely N-dealkylation sites (tertiary alicyclic amines) is 1. The molecule has 0 radical (unpaired) electrons. The Morgan fingerprint density at radius 3 is 2.22 bits per heavy atom. The molecule has 0 spiro atoms. The molecule has 12 heteroatoms. The van der Waals surface area contributed by atoms with Gasteiger partial charge in [0.25, 0.3) is 5.91 Å². The fourth-order valence-electron chi connectivity index (χ4n) is 16.0. The fraction of sp³-hybridized carbons (Fsp3) is 0.764. The normalized spacial score (nSPS) is 36.7. The summed E-state index contributed by atoms with van der Waals surface area (Å²) in [6.45, 7) is 26.8. The molecule has 370 valence electrons. The van der Waals surface area contributed by atoms with Crippen molar-refractivity contribution in [1.82, 2.24) is 15.5 Å². The van der Waals surface area contributed by atoms with Gasteiger partial charge in [0, 0.05) is 23.4 Å². The molecule has 6 aliphatic carbocycles. The number of nitrogens with zero attached hydrogens (tertiary/aromatic N) is 1. The molecule has 0 aromatic heterocycles. The van der Waals surface area contributed by atoms with E-state index in [0.29, 0.717) is 47.6 Å². The predicted octanol–water partition coefficient (Wildman–Crippen LogP) is 10.2. The highest BCUT2D eigenvalue weighted by Gasteiger charge is 2.71. The van der Waals surface area contributed by atoms with Gasteiger partial charge >= 0.3 is 11.9 Å². The highest BCUT2D eigenvalue weighted by atomic mass is 35.5. The van der Waals surface area contributed by atoms with Crippen LogP contribution in [0.1, 0.15) is 170 Å². The number of nitrogens with one attached hydrogen (secondary N) is 2. The Morgan fingerprint density at radius 2 is 1.57 bits per heavy atom. The van der Waals surface area contributed by atoms with Crippen LogP contribution in [0.4, 0.5) is 0 Å². The van der Waals surface area contributed by atoms with E-state index in [2.05, 4.69) is 64.0 Å². The Bertz CT molecular complexity index is 2210. The number of benzene rings is 1. The largest absolute Gasteiger partial charge is 0.491 e. The second kappa shape index (κ2) is 17.4. The topological polar surface area (TPSA) is 151 Å². The number of Topliss-reactive ketones (excluding diaryl/α,β-unsaturated/α-hetero) is 1. The van der Waals surface area contributed by atoms with Crippen LogP contribution in [0.3, 0.4) is 0 Å². The van der Waals surface area contributed by atoms with Crippen LogP contribution >= 0.6 is 11.6 Å². The first-order valence-corrected chi connectivity index (χ1v) is 26.1. The summed E-state index contributed by atoms with van der Waals surface area (Å²) in [6, 6.07) is 4.97. The van der Waals surface area contributed by atoms with Crippen molar-refractivity contribution >= 4 is 41.1 Å². The number of hydrogen-bond acceptors (Lipinski definition) is 8. The molecule has 10 atom stereocenters. The Morgan fingerprint density at radius 1 is 0.866 bits per heavy atom. The van der Waals surface area contributed by atoms with E-state index in [0.717, 1.165) is 75.7 Å². The zero-order chi connectivity index (χ0) is 48.9. The molecular weight excluding hydrogens is 866 g/mol. The van der Waals surface area contributed by atoms with Gasteiger partial charge in [-0.05, 0) is 172 Å². The lowest BCUT2D eigenvalue weighted by Gasteiger charge is -2.72. The van der Waals surface area contributed by atoms with Gasteiger partial charge in [0.2, 0.25) is 5.91 Å². The third-order valence-electron chi connectivity index (χ3n) is 20.1. The number of fused-ring (bicyclic) bond motifs is 7. The predicted molar refractivity (Wildman–Crippen MR) is 260 cm³/mol. The zero-order valence-corrected chi connectivity index (χ0v) is 43.2. The molecule has 6 fully saturated rings. The van der Waals surface area contributed by atoms with E-state index in [4.69, 9.17) is 21.1 Å². The van der Waals surface area contributed by atoms with Crippen LogP contribution in [0.25, 0.3) is 0 Å². The average Bonchev–Trinajstić information content (AvgIpc) is 3.53. The number of carbonyl (C=O) groups excluding carboxylic acids is 4. The summed E-state index contributed by atoms with van der Waals surface area (Å²) in [4.78, 5) is 71.1. The number of esters is 1. The van der Waals surface area contributed by atoms with Gasteiger partial charge in [-0.25, -0.2) is 0 Å².